The van der Waals surface area contributed by atoms with Gasteiger partial charge < -0.3 is 14.6 Å². The monoisotopic (exact) mass is 377 g/mol. The molecule has 1 heterocycles. The molecule has 0 radical (unpaired) electrons. The molecule has 0 aliphatic heterocycles. The molecule has 8 nitrogen and oxygen atoms in total. The zero-order valence-corrected chi connectivity index (χ0v) is 16.1. The van der Waals surface area contributed by atoms with E-state index in [2.05, 4.69) is 20.8 Å². The lowest BCUT2D eigenvalue weighted by Crippen LogP contribution is -2.43. The molecule has 2 rings (SSSR count). The first kappa shape index (κ1) is 19.8. The number of carbonyl (C=O) groups excluding carboxylic acids is 2. The zero-order chi connectivity index (χ0) is 19.1. The van der Waals surface area contributed by atoms with E-state index >= 15 is 0 Å². The molecule has 1 aromatic heterocycles. The van der Waals surface area contributed by atoms with Crippen LogP contribution in [0.2, 0.25) is 0 Å². The molecule has 0 atom stereocenters. The summed E-state index contributed by atoms with van der Waals surface area (Å²) < 4.78 is 7.29. The minimum absolute atomic E-state index is 0.0398. The highest BCUT2D eigenvalue weighted by Crippen LogP contribution is 2.30. The first-order valence-electron chi connectivity index (χ1n) is 8.26. The van der Waals surface area contributed by atoms with Gasteiger partial charge in [-0.05, 0) is 32.9 Å². The number of thioether (sulfide) groups is 1. The maximum Gasteiger partial charge on any atom is 0.321 e. The van der Waals surface area contributed by atoms with Crippen LogP contribution in [0.5, 0.6) is 5.75 Å². The number of amides is 3. The van der Waals surface area contributed by atoms with Gasteiger partial charge in [-0.25, -0.2) is 4.79 Å². The Morgan fingerprint density at radius 3 is 2.65 bits per heavy atom. The third kappa shape index (κ3) is 4.98. The first-order chi connectivity index (χ1) is 12.5. The molecule has 0 aliphatic rings. The molecule has 0 saturated carbocycles. The van der Waals surface area contributed by atoms with E-state index in [1.165, 1.54) is 11.8 Å². The number of para-hydroxylation sites is 1. The smallest absolute Gasteiger partial charge is 0.321 e. The minimum atomic E-state index is -0.503. The average Bonchev–Trinajstić information content (AvgIpc) is 3.01. The number of benzene rings is 1. The fraction of sp³-hybridized carbons (Fsp3) is 0.412. The van der Waals surface area contributed by atoms with Crippen molar-refractivity contribution in [1.29, 1.82) is 0 Å². The number of imide groups is 1. The number of hydrogen-bond donors (Lipinski definition) is 2. The Morgan fingerprint density at radius 1 is 1.27 bits per heavy atom. The third-order valence-corrected chi connectivity index (χ3v) is 4.35. The molecule has 9 heteroatoms. The van der Waals surface area contributed by atoms with Gasteiger partial charge in [0.1, 0.15) is 5.75 Å². The summed E-state index contributed by atoms with van der Waals surface area (Å²) >= 11 is 1.23. The van der Waals surface area contributed by atoms with Crippen LogP contribution in [0.1, 0.15) is 20.8 Å². The molecule has 1 aromatic carbocycles. The third-order valence-electron chi connectivity index (χ3n) is 3.39. The lowest BCUT2D eigenvalue weighted by atomic mass is 10.2. The van der Waals surface area contributed by atoms with Crippen LogP contribution in [-0.4, -0.2) is 45.6 Å². The number of nitrogens with one attached hydrogen (secondary N) is 2. The quantitative estimate of drug-likeness (QED) is 0.719. The van der Waals surface area contributed by atoms with E-state index in [1.54, 1.807) is 7.11 Å². The summed E-state index contributed by atoms with van der Waals surface area (Å²) in [6.07, 6.45) is 0. The van der Waals surface area contributed by atoms with Crippen molar-refractivity contribution in [2.45, 2.75) is 38.5 Å². The summed E-state index contributed by atoms with van der Waals surface area (Å²) in [5.41, 5.74) is 0.831. The lowest BCUT2D eigenvalue weighted by molar-refractivity contribution is -0.117. The molecule has 26 heavy (non-hydrogen) atoms. The van der Waals surface area contributed by atoms with Crippen LogP contribution in [0.4, 0.5) is 4.79 Å². The van der Waals surface area contributed by atoms with E-state index in [1.807, 2.05) is 49.6 Å². The number of methoxy groups -OCH3 is 1. The van der Waals surface area contributed by atoms with Crippen LogP contribution >= 0.6 is 11.8 Å². The number of carbonyl (C=O) groups is 2. The molecule has 2 N–H and O–H groups in total. The maximum atomic E-state index is 11.9. The Bertz CT molecular complexity index is 776. The van der Waals surface area contributed by atoms with Crippen LogP contribution in [-0.2, 0) is 11.3 Å². The number of urea groups is 1. The fourth-order valence-corrected chi connectivity index (χ4v) is 3.10. The summed E-state index contributed by atoms with van der Waals surface area (Å²) in [7, 11) is 1.60. The van der Waals surface area contributed by atoms with Gasteiger partial charge in [-0.3, -0.25) is 10.1 Å². The van der Waals surface area contributed by atoms with Crippen molar-refractivity contribution < 1.29 is 14.3 Å². The van der Waals surface area contributed by atoms with E-state index in [0.29, 0.717) is 23.3 Å². The first-order valence-corrected chi connectivity index (χ1v) is 9.24. The predicted molar refractivity (Wildman–Crippen MR) is 100 cm³/mol. The number of hydrogen-bond acceptors (Lipinski definition) is 6. The summed E-state index contributed by atoms with van der Waals surface area (Å²) in [5.74, 6) is 1.05. The van der Waals surface area contributed by atoms with Crippen LogP contribution in [0.3, 0.4) is 0 Å². The summed E-state index contributed by atoms with van der Waals surface area (Å²) in [6, 6.07) is 7.01. The van der Waals surface area contributed by atoms with Crippen molar-refractivity contribution in [2.24, 2.45) is 0 Å². The molecule has 0 spiro atoms. The SMILES string of the molecule is CCn1c(SCC(=O)NC(=O)NC(C)C)nnc1-c1ccccc1OC. The Balaban J connectivity index is 2.09. The number of nitrogens with zero attached hydrogens (tertiary/aromatic N) is 3. The van der Waals surface area contributed by atoms with Gasteiger partial charge in [0, 0.05) is 12.6 Å². The molecular weight excluding hydrogens is 354 g/mol. The van der Waals surface area contributed by atoms with Gasteiger partial charge >= 0.3 is 6.03 Å². The Hall–Kier alpha value is -2.55. The van der Waals surface area contributed by atoms with Crippen LogP contribution in [0.25, 0.3) is 11.4 Å². The van der Waals surface area contributed by atoms with Gasteiger partial charge in [-0.1, -0.05) is 23.9 Å². The fourth-order valence-electron chi connectivity index (χ4n) is 2.30. The molecule has 2 aromatic rings. The van der Waals surface area contributed by atoms with Crippen LogP contribution < -0.4 is 15.4 Å². The summed E-state index contributed by atoms with van der Waals surface area (Å²) in [5, 5.41) is 13.9. The predicted octanol–water partition coefficient (Wildman–Crippen LogP) is 2.30. The molecule has 0 saturated heterocycles. The second-order valence-electron chi connectivity index (χ2n) is 5.72. The Labute approximate surface area is 156 Å². The van der Waals surface area contributed by atoms with E-state index in [9.17, 15) is 9.59 Å². The molecule has 0 bridgehead atoms. The maximum absolute atomic E-state index is 11.9. The van der Waals surface area contributed by atoms with Crippen molar-refractivity contribution in [3.8, 4) is 17.1 Å². The average molecular weight is 377 g/mol. The van der Waals surface area contributed by atoms with E-state index in [0.717, 1.165) is 5.56 Å². The van der Waals surface area contributed by atoms with Crippen LogP contribution in [0.15, 0.2) is 29.4 Å². The van der Waals surface area contributed by atoms with Gasteiger partial charge in [0.05, 0.1) is 18.4 Å². The largest absolute Gasteiger partial charge is 0.496 e. The number of aromatic nitrogens is 3. The second kappa shape index (κ2) is 9.23. The van der Waals surface area contributed by atoms with Gasteiger partial charge in [-0.15, -0.1) is 10.2 Å². The van der Waals surface area contributed by atoms with Gasteiger partial charge in [-0.2, -0.15) is 0 Å². The molecule has 0 fully saturated rings. The Morgan fingerprint density at radius 2 is 2.00 bits per heavy atom. The van der Waals surface area contributed by atoms with Crippen molar-refractivity contribution in [3.05, 3.63) is 24.3 Å². The summed E-state index contributed by atoms with van der Waals surface area (Å²) in [4.78, 5) is 23.5. The van der Waals surface area contributed by atoms with Gasteiger partial charge in [0.25, 0.3) is 0 Å². The standard InChI is InChI=1S/C17H23N5O3S/c1-5-22-15(12-8-6-7-9-13(12)25-4)20-21-17(22)26-10-14(23)19-16(24)18-11(2)3/h6-9,11H,5,10H2,1-4H3,(H2,18,19,23,24). The van der Waals surface area contributed by atoms with E-state index in [4.69, 9.17) is 4.74 Å². The summed E-state index contributed by atoms with van der Waals surface area (Å²) in [6.45, 7) is 6.25. The van der Waals surface area contributed by atoms with Crippen molar-refractivity contribution >= 4 is 23.7 Å². The van der Waals surface area contributed by atoms with Crippen molar-refractivity contribution in [3.63, 3.8) is 0 Å². The lowest BCUT2D eigenvalue weighted by Gasteiger charge is -2.11. The van der Waals surface area contributed by atoms with Gasteiger partial charge in [0.2, 0.25) is 5.91 Å². The van der Waals surface area contributed by atoms with Crippen LogP contribution in [0, 0.1) is 0 Å². The highest BCUT2D eigenvalue weighted by molar-refractivity contribution is 7.99. The normalized spacial score (nSPS) is 10.7. The number of ether oxygens (including phenoxy) is 1. The zero-order valence-electron chi connectivity index (χ0n) is 15.3. The Kier molecular flexibility index (Phi) is 7.02. The molecule has 140 valence electrons. The van der Waals surface area contributed by atoms with Crippen molar-refractivity contribution in [2.75, 3.05) is 12.9 Å². The highest BCUT2D eigenvalue weighted by atomic mass is 32.2. The van der Waals surface area contributed by atoms with E-state index in [-0.39, 0.29) is 11.8 Å². The number of rotatable bonds is 7. The molecule has 0 aliphatic carbocycles. The second-order valence-corrected chi connectivity index (χ2v) is 6.66. The molecular formula is C17H23N5O3S. The molecule has 0 unspecified atom stereocenters. The minimum Gasteiger partial charge on any atom is -0.496 e. The molecule has 3 amide bonds. The van der Waals surface area contributed by atoms with E-state index < -0.39 is 11.9 Å². The highest BCUT2D eigenvalue weighted by Gasteiger charge is 2.17. The van der Waals surface area contributed by atoms with Crippen molar-refractivity contribution in [1.82, 2.24) is 25.4 Å². The van der Waals surface area contributed by atoms with Gasteiger partial charge in [0.15, 0.2) is 11.0 Å². The topological polar surface area (TPSA) is 98.1 Å².